The molecular weight excluding hydrogens is 218 g/mol. The highest BCUT2D eigenvalue weighted by molar-refractivity contribution is 6.31. The fourth-order valence-electron chi connectivity index (χ4n) is 1.49. The molecule has 0 aliphatic heterocycles. The second-order valence-corrected chi connectivity index (χ2v) is 3.49. The third-order valence-electron chi connectivity index (χ3n) is 2.14. The van der Waals surface area contributed by atoms with Crippen LogP contribution in [-0.2, 0) is 0 Å². The van der Waals surface area contributed by atoms with Crippen molar-refractivity contribution in [3.8, 4) is 0 Å². The minimum absolute atomic E-state index is 0.199. The molecule has 0 saturated heterocycles. The van der Waals surface area contributed by atoms with Gasteiger partial charge in [0.1, 0.15) is 11.1 Å². The molecule has 3 aromatic rings. The first-order valence-electron chi connectivity index (χ1n) is 4.18. The number of halogens is 1. The van der Waals surface area contributed by atoms with Crippen molar-refractivity contribution in [3.63, 3.8) is 0 Å². The van der Waals surface area contributed by atoms with Gasteiger partial charge in [0.05, 0.1) is 0 Å². The lowest BCUT2D eigenvalue weighted by atomic mass is 10.2. The number of rotatable bonds is 0. The van der Waals surface area contributed by atoms with Crippen molar-refractivity contribution >= 4 is 33.6 Å². The van der Waals surface area contributed by atoms with Gasteiger partial charge >= 0.3 is 5.63 Å². The van der Waals surface area contributed by atoms with E-state index in [1.54, 1.807) is 18.2 Å². The van der Waals surface area contributed by atoms with E-state index in [0.29, 0.717) is 21.5 Å². The SMILES string of the molecule is O=c1oc2cc(Cl)ccc2c2n[nH]nc12. The van der Waals surface area contributed by atoms with E-state index in [1.807, 2.05) is 0 Å². The van der Waals surface area contributed by atoms with Gasteiger partial charge in [-0.05, 0) is 12.1 Å². The van der Waals surface area contributed by atoms with Gasteiger partial charge in [0, 0.05) is 16.5 Å². The van der Waals surface area contributed by atoms with E-state index in [2.05, 4.69) is 15.4 Å². The van der Waals surface area contributed by atoms with Crippen LogP contribution in [0.3, 0.4) is 0 Å². The first kappa shape index (κ1) is 8.43. The van der Waals surface area contributed by atoms with Gasteiger partial charge in [0.15, 0.2) is 5.52 Å². The third-order valence-corrected chi connectivity index (χ3v) is 2.38. The zero-order valence-electron chi connectivity index (χ0n) is 7.32. The van der Waals surface area contributed by atoms with Gasteiger partial charge in [-0.25, -0.2) is 4.79 Å². The van der Waals surface area contributed by atoms with Crippen molar-refractivity contribution in [2.24, 2.45) is 0 Å². The predicted molar refractivity (Wildman–Crippen MR) is 54.9 cm³/mol. The molecule has 0 aliphatic carbocycles. The maximum atomic E-state index is 11.4. The summed E-state index contributed by atoms with van der Waals surface area (Å²) >= 11 is 5.79. The highest BCUT2D eigenvalue weighted by atomic mass is 35.5. The Hall–Kier alpha value is -1.88. The van der Waals surface area contributed by atoms with Crippen molar-refractivity contribution in [3.05, 3.63) is 33.6 Å². The standard InChI is InChI=1S/C9H4ClN3O2/c10-4-1-2-5-6(3-4)15-9(14)8-7(5)11-13-12-8/h1-3H,(H,11,12,13). The van der Waals surface area contributed by atoms with Crippen molar-refractivity contribution < 1.29 is 4.42 Å². The van der Waals surface area contributed by atoms with Gasteiger partial charge in [-0.2, -0.15) is 10.3 Å². The summed E-state index contributed by atoms with van der Waals surface area (Å²) in [4.78, 5) is 11.4. The maximum absolute atomic E-state index is 11.4. The maximum Gasteiger partial charge on any atom is 0.366 e. The largest absolute Gasteiger partial charge is 0.421 e. The van der Waals surface area contributed by atoms with E-state index in [1.165, 1.54) is 0 Å². The molecule has 1 aromatic carbocycles. The van der Waals surface area contributed by atoms with Crippen molar-refractivity contribution in [1.29, 1.82) is 0 Å². The van der Waals surface area contributed by atoms with Gasteiger partial charge in [0.2, 0.25) is 0 Å². The van der Waals surface area contributed by atoms with Crippen molar-refractivity contribution in [2.75, 3.05) is 0 Å². The fourth-order valence-corrected chi connectivity index (χ4v) is 1.65. The summed E-state index contributed by atoms with van der Waals surface area (Å²) in [5, 5.41) is 11.2. The summed E-state index contributed by atoms with van der Waals surface area (Å²) in [6.45, 7) is 0. The number of hydrogen-bond acceptors (Lipinski definition) is 4. The molecule has 0 bridgehead atoms. The number of benzene rings is 1. The number of H-pyrrole nitrogens is 1. The Balaban J connectivity index is 2.66. The number of aromatic amines is 1. The molecule has 74 valence electrons. The zero-order chi connectivity index (χ0) is 10.4. The van der Waals surface area contributed by atoms with Crippen LogP contribution >= 0.6 is 11.6 Å². The first-order valence-corrected chi connectivity index (χ1v) is 4.56. The van der Waals surface area contributed by atoms with E-state index in [0.717, 1.165) is 0 Å². The lowest BCUT2D eigenvalue weighted by Gasteiger charge is -1.96. The Labute approximate surface area is 87.6 Å². The van der Waals surface area contributed by atoms with E-state index in [9.17, 15) is 4.79 Å². The first-order chi connectivity index (χ1) is 7.25. The Morgan fingerprint density at radius 3 is 2.93 bits per heavy atom. The second kappa shape index (κ2) is 2.80. The Morgan fingerprint density at radius 2 is 2.07 bits per heavy atom. The summed E-state index contributed by atoms with van der Waals surface area (Å²) in [6, 6.07) is 5.02. The van der Waals surface area contributed by atoms with Crippen LogP contribution in [0.1, 0.15) is 0 Å². The highest BCUT2D eigenvalue weighted by Crippen LogP contribution is 2.22. The fraction of sp³-hybridized carbons (Fsp3) is 0. The van der Waals surface area contributed by atoms with Crippen LogP contribution in [-0.4, -0.2) is 15.4 Å². The van der Waals surface area contributed by atoms with Gasteiger partial charge < -0.3 is 4.42 Å². The molecule has 3 rings (SSSR count). The van der Waals surface area contributed by atoms with Crippen LogP contribution in [0.2, 0.25) is 5.02 Å². The average Bonchev–Trinajstić information content (AvgIpc) is 2.66. The van der Waals surface area contributed by atoms with Crippen molar-refractivity contribution in [1.82, 2.24) is 15.4 Å². The molecule has 1 N–H and O–H groups in total. The molecule has 0 radical (unpaired) electrons. The smallest absolute Gasteiger partial charge is 0.366 e. The predicted octanol–water partition coefficient (Wildman–Crippen LogP) is 1.72. The van der Waals surface area contributed by atoms with Crippen LogP contribution in [0.25, 0.3) is 22.0 Å². The summed E-state index contributed by atoms with van der Waals surface area (Å²) in [6.07, 6.45) is 0. The Morgan fingerprint density at radius 1 is 1.27 bits per heavy atom. The molecule has 0 aliphatic rings. The number of aromatic nitrogens is 3. The van der Waals surface area contributed by atoms with E-state index >= 15 is 0 Å². The minimum atomic E-state index is -0.520. The van der Waals surface area contributed by atoms with Crippen LogP contribution in [0, 0.1) is 0 Å². The molecule has 0 fully saturated rings. The normalized spacial score (nSPS) is 11.3. The molecule has 6 heteroatoms. The summed E-state index contributed by atoms with van der Waals surface area (Å²) in [5.74, 6) is 0. The number of fused-ring (bicyclic) bond motifs is 3. The van der Waals surface area contributed by atoms with Gasteiger partial charge in [-0.3, -0.25) is 0 Å². The van der Waals surface area contributed by atoms with Gasteiger partial charge in [0.25, 0.3) is 0 Å². The van der Waals surface area contributed by atoms with E-state index < -0.39 is 5.63 Å². The average molecular weight is 222 g/mol. The summed E-state index contributed by atoms with van der Waals surface area (Å²) < 4.78 is 5.05. The molecule has 0 saturated carbocycles. The van der Waals surface area contributed by atoms with Gasteiger partial charge in [-0.1, -0.05) is 11.6 Å². The van der Waals surface area contributed by atoms with Crippen LogP contribution in [0.4, 0.5) is 0 Å². The van der Waals surface area contributed by atoms with Gasteiger partial charge in [-0.15, -0.1) is 5.10 Å². The molecule has 0 unspecified atom stereocenters. The van der Waals surface area contributed by atoms with E-state index in [-0.39, 0.29) is 5.52 Å². The highest BCUT2D eigenvalue weighted by Gasteiger charge is 2.10. The minimum Gasteiger partial charge on any atom is -0.421 e. The number of nitrogens with one attached hydrogen (secondary N) is 1. The number of hydrogen-bond donors (Lipinski definition) is 1. The Bertz CT molecular complexity index is 716. The van der Waals surface area contributed by atoms with Crippen LogP contribution < -0.4 is 5.63 Å². The van der Waals surface area contributed by atoms with Crippen molar-refractivity contribution in [2.45, 2.75) is 0 Å². The molecule has 2 heterocycles. The summed E-state index contributed by atoms with van der Waals surface area (Å²) in [7, 11) is 0. The quantitative estimate of drug-likeness (QED) is 0.587. The molecule has 0 spiro atoms. The summed E-state index contributed by atoms with van der Waals surface area (Å²) in [5.41, 5.74) is 0.588. The topological polar surface area (TPSA) is 71.8 Å². The molecule has 2 aromatic heterocycles. The molecule has 0 atom stereocenters. The molecule has 0 amide bonds. The Kier molecular flexibility index (Phi) is 1.58. The van der Waals surface area contributed by atoms with Crippen LogP contribution in [0.15, 0.2) is 27.4 Å². The molecule has 15 heavy (non-hydrogen) atoms. The lowest BCUT2D eigenvalue weighted by Crippen LogP contribution is -1.99. The molecule has 5 nitrogen and oxygen atoms in total. The number of nitrogens with zero attached hydrogens (tertiary/aromatic N) is 2. The van der Waals surface area contributed by atoms with Crippen LogP contribution in [0.5, 0.6) is 0 Å². The molecular formula is C9H4ClN3O2. The third kappa shape index (κ3) is 1.13. The lowest BCUT2D eigenvalue weighted by molar-refractivity contribution is 0.568. The zero-order valence-corrected chi connectivity index (χ0v) is 8.08. The monoisotopic (exact) mass is 221 g/mol. The van der Waals surface area contributed by atoms with E-state index in [4.69, 9.17) is 16.0 Å². The second-order valence-electron chi connectivity index (χ2n) is 3.05.